The lowest BCUT2D eigenvalue weighted by Gasteiger charge is -2.24. The molecule has 0 saturated carbocycles. The van der Waals surface area contributed by atoms with E-state index in [-0.39, 0.29) is 34.4 Å². The predicted molar refractivity (Wildman–Crippen MR) is 163 cm³/mol. The minimum Gasteiger partial charge on any atom is -0.507 e. The van der Waals surface area contributed by atoms with Gasteiger partial charge in [-0.1, -0.05) is 42.7 Å². The number of aliphatic hydroxyl groups excluding tert-OH is 1. The van der Waals surface area contributed by atoms with Crippen LogP contribution in [0.15, 0.2) is 67.3 Å². The van der Waals surface area contributed by atoms with Crippen molar-refractivity contribution >= 4 is 39.9 Å². The first-order valence-corrected chi connectivity index (χ1v) is 14.6. The first-order chi connectivity index (χ1) is 21.3. The van der Waals surface area contributed by atoms with Crippen molar-refractivity contribution in [1.29, 1.82) is 0 Å². The Balaban J connectivity index is 1.68. The summed E-state index contributed by atoms with van der Waals surface area (Å²) in [5, 5.41) is 11.7. The number of Topliss-reactive ketones (excluding diaryl/α,β-unsaturated/α-hetero) is 1. The number of esters is 1. The average molecular weight is 619 g/mol. The van der Waals surface area contributed by atoms with Gasteiger partial charge in [0.15, 0.2) is 28.1 Å². The molecule has 2 aromatic carbocycles. The summed E-state index contributed by atoms with van der Waals surface area (Å²) in [6, 6.07) is 8.57. The van der Waals surface area contributed by atoms with E-state index >= 15 is 0 Å². The minimum atomic E-state index is -1.14. The number of hydrogen-bond acceptors (Lipinski definition) is 11. The van der Waals surface area contributed by atoms with Crippen LogP contribution in [0.25, 0.3) is 5.76 Å². The van der Waals surface area contributed by atoms with Gasteiger partial charge in [0, 0.05) is 5.56 Å². The third kappa shape index (κ3) is 5.76. The summed E-state index contributed by atoms with van der Waals surface area (Å²) < 4.78 is 28.0. The zero-order valence-corrected chi connectivity index (χ0v) is 25.0. The Morgan fingerprint density at radius 1 is 1.07 bits per heavy atom. The van der Waals surface area contributed by atoms with Gasteiger partial charge in [0.05, 0.1) is 23.9 Å². The number of aromatic nitrogens is 1. The van der Waals surface area contributed by atoms with Crippen LogP contribution < -0.4 is 23.8 Å². The predicted octanol–water partition coefficient (Wildman–Crippen LogP) is 5.16. The lowest BCUT2D eigenvalue weighted by atomic mass is 9.95. The minimum absolute atomic E-state index is 0.00790. The molecule has 1 unspecified atom stereocenters. The highest BCUT2D eigenvalue weighted by molar-refractivity contribution is 7.17. The van der Waals surface area contributed by atoms with E-state index < -0.39 is 29.5 Å². The number of benzene rings is 2. The second-order valence-corrected chi connectivity index (χ2v) is 10.5. The summed E-state index contributed by atoms with van der Waals surface area (Å²) in [5.41, 5.74) is 0.811. The van der Waals surface area contributed by atoms with Gasteiger partial charge in [0.1, 0.15) is 37.1 Å². The Morgan fingerprint density at radius 3 is 2.55 bits per heavy atom. The van der Waals surface area contributed by atoms with E-state index in [1.807, 2.05) is 6.92 Å². The summed E-state index contributed by atoms with van der Waals surface area (Å²) in [6.07, 6.45) is 3.03. The standard InChI is InChI=1S/C32H30N2O9S/c1-5-12-40-21-10-8-19(16-23(21)39-7-3)26-25(27(35)20-9-11-22-24(17-20)42-15-14-41-22)28(36)30(37)34(26)32-33-18(4)29(44-32)31(38)43-13-6-2/h5-6,8-11,16-17,26,35H,1-2,7,12-15H2,3-4H3/b27-25-. The molecular formula is C32H30N2O9S. The monoisotopic (exact) mass is 618 g/mol. The fourth-order valence-electron chi connectivity index (χ4n) is 4.80. The van der Waals surface area contributed by atoms with E-state index in [4.69, 9.17) is 23.7 Å². The van der Waals surface area contributed by atoms with Crippen LogP contribution in [-0.2, 0) is 14.3 Å². The molecule has 0 spiro atoms. The van der Waals surface area contributed by atoms with Crippen LogP contribution in [0.4, 0.5) is 5.13 Å². The highest BCUT2D eigenvalue weighted by Gasteiger charge is 2.49. The number of aryl methyl sites for hydroxylation is 1. The summed E-state index contributed by atoms with van der Waals surface area (Å²) in [6.45, 7) is 11.9. The maximum atomic E-state index is 13.7. The summed E-state index contributed by atoms with van der Waals surface area (Å²) >= 11 is 0.902. The van der Waals surface area contributed by atoms with Gasteiger partial charge in [0.2, 0.25) is 0 Å². The molecule has 1 amide bonds. The zero-order chi connectivity index (χ0) is 31.4. The zero-order valence-electron chi connectivity index (χ0n) is 24.2. The summed E-state index contributed by atoms with van der Waals surface area (Å²) in [4.78, 5) is 45.9. The van der Waals surface area contributed by atoms with Crippen molar-refractivity contribution in [2.75, 3.05) is 37.9 Å². The molecule has 3 aromatic rings. The number of amides is 1. The molecule has 2 aliphatic heterocycles. The second-order valence-electron chi connectivity index (χ2n) is 9.56. The Labute approximate surface area is 257 Å². The largest absolute Gasteiger partial charge is 0.507 e. The SMILES string of the molecule is C=CCOC(=O)c1sc(N2C(=O)C(=O)/C(=C(\O)c3ccc4c(c3)OCCO4)C2c2ccc(OCC=C)c(OCC)c2)nc1C. The number of anilines is 1. The third-order valence-electron chi connectivity index (χ3n) is 6.71. The van der Waals surface area contributed by atoms with E-state index in [1.54, 1.807) is 49.4 Å². The number of fused-ring (bicyclic) bond motifs is 1. The molecule has 12 heteroatoms. The highest BCUT2D eigenvalue weighted by atomic mass is 32.1. The molecule has 3 heterocycles. The molecule has 11 nitrogen and oxygen atoms in total. The van der Waals surface area contributed by atoms with E-state index in [2.05, 4.69) is 18.1 Å². The molecule has 1 saturated heterocycles. The van der Waals surface area contributed by atoms with Crippen LogP contribution in [0.5, 0.6) is 23.0 Å². The molecule has 0 bridgehead atoms. The van der Waals surface area contributed by atoms with Crippen LogP contribution in [-0.4, -0.2) is 60.8 Å². The normalized spacial score (nSPS) is 16.9. The number of carbonyl (C=O) groups is 3. The van der Waals surface area contributed by atoms with Gasteiger partial charge in [-0.15, -0.1) is 0 Å². The van der Waals surface area contributed by atoms with Crippen molar-refractivity contribution in [2.24, 2.45) is 0 Å². The molecule has 1 fully saturated rings. The lowest BCUT2D eigenvalue weighted by Crippen LogP contribution is -2.29. The Bertz CT molecular complexity index is 1680. The van der Waals surface area contributed by atoms with Gasteiger partial charge < -0.3 is 28.8 Å². The molecule has 1 atom stereocenters. The molecule has 0 aliphatic carbocycles. The van der Waals surface area contributed by atoms with Crippen molar-refractivity contribution in [3.8, 4) is 23.0 Å². The summed E-state index contributed by atoms with van der Waals surface area (Å²) in [7, 11) is 0. The number of carbonyl (C=O) groups excluding carboxylic acids is 3. The molecular weight excluding hydrogens is 588 g/mol. The molecule has 1 aromatic heterocycles. The fourth-order valence-corrected chi connectivity index (χ4v) is 5.78. The molecule has 228 valence electrons. The Kier molecular flexibility index (Phi) is 9.00. The van der Waals surface area contributed by atoms with Crippen molar-refractivity contribution in [3.05, 3.63) is 89.0 Å². The van der Waals surface area contributed by atoms with Gasteiger partial charge >= 0.3 is 11.9 Å². The quantitative estimate of drug-likeness (QED) is 0.101. The molecule has 2 aliphatic rings. The van der Waals surface area contributed by atoms with E-state index in [0.717, 1.165) is 11.3 Å². The van der Waals surface area contributed by atoms with Crippen LogP contribution in [0, 0.1) is 6.92 Å². The fraction of sp³-hybridized carbons (Fsp3) is 0.250. The van der Waals surface area contributed by atoms with Crippen molar-refractivity contribution < 1.29 is 43.2 Å². The number of rotatable bonds is 11. The lowest BCUT2D eigenvalue weighted by molar-refractivity contribution is -0.132. The first-order valence-electron chi connectivity index (χ1n) is 13.8. The highest BCUT2D eigenvalue weighted by Crippen LogP contribution is 2.46. The maximum Gasteiger partial charge on any atom is 0.350 e. The van der Waals surface area contributed by atoms with Crippen LogP contribution in [0.1, 0.15) is 39.5 Å². The smallest absolute Gasteiger partial charge is 0.350 e. The Morgan fingerprint density at radius 2 is 1.82 bits per heavy atom. The van der Waals surface area contributed by atoms with E-state index in [9.17, 15) is 19.5 Å². The average Bonchev–Trinajstić information content (AvgIpc) is 3.54. The first kappa shape index (κ1) is 30.4. The summed E-state index contributed by atoms with van der Waals surface area (Å²) in [5.74, 6) is -1.25. The van der Waals surface area contributed by atoms with Gasteiger partial charge in [-0.05, 0) is 49.7 Å². The topological polar surface area (TPSA) is 134 Å². The molecule has 44 heavy (non-hydrogen) atoms. The Hall–Kier alpha value is -5.10. The number of ketones is 1. The number of nitrogens with zero attached hydrogens (tertiary/aromatic N) is 2. The number of ether oxygens (including phenoxy) is 5. The molecule has 0 radical (unpaired) electrons. The van der Waals surface area contributed by atoms with Crippen LogP contribution >= 0.6 is 11.3 Å². The van der Waals surface area contributed by atoms with Gasteiger partial charge in [0.25, 0.3) is 5.78 Å². The molecule has 1 N–H and O–H groups in total. The van der Waals surface area contributed by atoms with E-state index in [1.165, 1.54) is 11.0 Å². The van der Waals surface area contributed by atoms with Gasteiger partial charge in [-0.2, -0.15) is 0 Å². The number of hydrogen-bond donors (Lipinski definition) is 1. The third-order valence-corrected chi connectivity index (χ3v) is 7.85. The van der Waals surface area contributed by atoms with Crippen LogP contribution in [0.2, 0.25) is 0 Å². The number of thiazole rings is 1. The maximum absolute atomic E-state index is 13.7. The second kappa shape index (κ2) is 13.0. The van der Waals surface area contributed by atoms with Gasteiger partial charge in [-0.3, -0.25) is 14.5 Å². The van der Waals surface area contributed by atoms with Crippen LogP contribution in [0.3, 0.4) is 0 Å². The van der Waals surface area contributed by atoms with Crippen molar-refractivity contribution in [1.82, 2.24) is 4.98 Å². The van der Waals surface area contributed by atoms with Gasteiger partial charge in [-0.25, -0.2) is 9.78 Å². The van der Waals surface area contributed by atoms with Crippen molar-refractivity contribution in [3.63, 3.8) is 0 Å². The number of aliphatic hydroxyl groups is 1. The van der Waals surface area contributed by atoms with Crippen molar-refractivity contribution in [2.45, 2.75) is 19.9 Å². The molecule has 5 rings (SSSR count). The van der Waals surface area contributed by atoms with E-state index in [0.29, 0.717) is 54.1 Å².